The number of aromatic nitrogens is 2. The molecule has 1 amide bonds. The molecule has 2 rings (SSSR count). The molecule has 0 bridgehead atoms. The minimum absolute atomic E-state index is 0.494. The van der Waals surface area contributed by atoms with Gasteiger partial charge >= 0.3 is 6.18 Å². The van der Waals surface area contributed by atoms with Crippen molar-refractivity contribution in [2.45, 2.75) is 26.1 Å². The molecule has 1 heterocycles. The van der Waals surface area contributed by atoms with Crippen LogP contribution in [0.1, 0.15) is 24.2 Å². The van der Waals surface area contributed by atoms with Gasteiger partial charge < -0.3 is 5.32 Å². The number of halogens is 7. The lowest BCUT2D eigenvalue weighted by Gasteiger charge is -2.17. The van der Waals surface area contributed by atoms with Crippen LogP contribution >= 0.6 is 0 Å². The third kappa shape index (κ3) is 3.30. The lowest BCUT2D eigenvalue weighted by atomic mass is 10.1. The molecule has 0 saturated heterocycles. The molecule has 136 valence electrons. The molecular weight excluding hydrogens is 359 g/mol. The zero-order valence-electron chi connectivity index (χ0n) is 12.7. The first-order chi connectivity index (χ1) is 11.5. The van der Waals surface area contributed by atoms with Gasteiger partial charge in [-0.15, -0.1) is 0 Å². The number of anilines is 1. The van der Waals surface area contributed by atoms with Crippen LogP contribution < -0.4 is 5.32 Å². The predicted octanol–water partition coefficient (Wildman–Crippen LogP) is 3.97. The van der Waals surface area contributed by atoms with E-state index in [1.807, 2.05) is 0 Å². The van der Waals surface area contributed by atoms with Crippen LogP contribution in [0.3, 0.4) is 0 Å². The van der Waals surface area contributed by atoms with Crippen molar-refractivity contribution in [2.75, 3.05) is 5.32 Å². The van der Waals surface area contributed by atoms with E-state index in [2.05, 4.69) is 5.10 Å². The molecule has 11 heteroatoms. The second kappa shape index (κ2) is 6.37. The third-order valence-corrected chi connectivity index (χ3v) is 3.41. The molecule has 0 saturated carbocycles. The maximum absolute atomic E-state index is 13.8. The van der Waals surface area contributed by atoms with Crippen molar-refractivity contribution in [2.24, 2.45) is 0 Å². The van der Waals surface area contributed by atoms with Gasteiger partial charge in [0.25, 0.3) is 0 Å². The van der Waals surface area contributed by atoms with Gasteiger partial charge in [0.15, 0.2) is 23.3 Å². The van der Waals surface area contributed by atoms with Gasteiger partial charge in [-0.3, -0.25) is 9.48 Å². The molecular formula is C14H10F7N3O. The molecule has 0 aliphatic rings. The van der Waals surface area contributed by atoms with Gasteiger partial charge in [0.05, 0.1) is 0 Å². The quantitative estimate of drug-likeness (QED) is 0.658. The van der Waals surface area contributed by atoms with Gasteiger partial charge in [0.2, 0.25) is 5.91 Å². The minimum Gasteiger partial charge on any atom is -0.319 e. The summed E-state index contributed by atoms with van der Waals surface area (Å²) in [4.78, 5) is 12.0. The molecule has 0 aliphatic heterocycles. The van der Waals surface area contributed by atoms with E-state index in [4.69, 9.17) is 0 Å². The molecule has 2 aromatic rings. The molecule has 1 aromatic heterocycles. The Labute approximate surface area is 136 Å². The number of hydrogen-bond acceptors (Lipinski definition) is 2. The van der Waals surface area contributed by atoms with Crippen LogP contribution in [-0.4, -0.2) is 15.7 Å². The molecule has 25 heavy (non-hydrogen) atoms. The third-order valence-electron chi connectivity index (χ3n) is 3.41. The number of rotatable bonds is 3. The number of carbonyl (C=O) groups excluding carboxylic acids is 1. The van der Waals surface area contributed by atoms with Crippen LogP contribution in [0.25, 0.3) is 0 Å². The zero-order valence-corrected chi connectivity index (χ0v) is 12.7. The minimum atomic E-state index is -5.65. The maximum Gasteiger partial charge on any atom is 0.422 e. The predicted molar refractivity (Wildman–Crippen MR) is 71.6 cm³/mol. The van der Waals surface area contributed by atoms with E-state index >= 15 is 0 Å². The largest absolute Gasteiger partial charge is 0.422 e. The number of alkyl halides is 3. The smallest absolute Gasteiger partial charge is 0.319 e. The number of carbonyl (C=O) groups is 1. The Bertz CT molecular complexity index is 800. The van der Waals surface area contributed by atoms with Gasteiger partial charge in [0.1, 0.15) is 17.3 Å². The Morgan fingerprint density at radius 3 is 2.04 bits per heavy atom. The van der Waals surface area contributed by atoms with E-state index < -0.39 is 52.6 Å². The number of benzene rings is 1. The fourth-order valence-electron chi connectivity index (χ4n) is 2.11. The topological polar surface area (TPSA) is 46.9 Å². The van der Waals surface area contributed by atoms with E-state index in [-0.39, 0.29) is 0 Å². The van der Waals surface area contributed by atoms with Crippen LogP contribution in [0.15, 0.2) is 12.3 Å². The Morgan fingerprint density at radius 2 is 1.64 bits per heavy atom. The highest BCUT2D eigenvalue weighted by Gasteiger charge is 2.42. The van der Waals surface area contributed by atoms with Gasteiger partial charge in [0, 0.05) is 11.9 Å². The highest BCUT2D eigenvalue weighted by molar-refractivity contribution is 5.93. The summed E-state index contributed by atoms with van der Waals surface area (Å²) in [5, 5.41) is 5.33. The molecule has 0 radical (unpaired) electrons. The summed E-state index contributed by atoms with van der Waals surface area (Å²) < 4.78 is 93.2. The Morgan fingerprint density at radius 1 is 1.12 bits per heavy atom. The highest BCUT2D eigenvalue weighted by Crippen LogP contribution is 2.38. The van der Waals surface area contributed by atoms with Crippen molar-refractivity contribution in [1.29, 1.82) is 0 Å². The SMILES string of the molecule is Cc1ccnn1C(C)C(=O)Nc1c(F)c(F)c(C(F)(F)F)c(F)c1F. The van der Waals surface area contributed by atoms with E-state index in [1.165, 1.54) is 19.2 Å². The van der Waals surface area contributed by atoms with Crippen molar-refractivity contribution in [3.63, 3.8) is 0 Å². The number of hydrogen-bond donors (Lipinski definition) is 1. The molecule has 0 fully saturated rings. The highest BCUT2D eigenvalue weighted by atomic mass is 19.4. The number of amides is 1. The standard InChI is InChI=1S/C14H10F7N3O/c1-5-3-4-22-24(5)6(2)13(25)23-12-10(17)8(15)7(14(19,20)21)9(16)11(12)18/h3-4,6H,1-2H3,(H,23,25). The van der Waals surface area contributed by atoms with E-state index in [9.17, 15) is 35.5 Å². The van der Waals surface area contributed by atoms with Crippen molar-refractivity contribution < 1.29 is 35.5 Å². The lowest BCUT2D eigenvalue weighted by Crippen LogP contribution is -2.27. The fourth-order valence-corrected chi connectivity index (χ4v) is 2.11. The van der Waals surface area contributed by atoms with E-state index in [0.29, 0.717) is 5.69 Å². The number of aryl methyl sites for hydroxylation is 1. The summed E-state index contributed by atoms with van der Waals surface area (Å²) in [6.45, 7) is 2.83. The second-order valence-electron chi connectivity index (χ2n) is 5.09. The fraction of sp³-hybridized carbons (Fsp3) is 0.286. The molecule has 0 spiro atoms. The second-order valence-corrected chi connectivity index (χ2v) is 5.09. The molecule has 4 nitrogen and oxygen atoms in total. The van der Waals surface area contributed by atoms with Crippen LogP contribution in [0.4, 0.5) is 36.4 Å². The van der Waals surface area contributed by atoms with Crippen LogP contribution in [0.2, 0.25) is 0 Å². The first-order valence-electron chi connectivity index (χ1n) is 6.71. The summed E-state index contributed by atoms with van der Waals surface area (Å²) in [7, 11) is 0. The van der Waals surface area contributed by atoms with Crippen molar-refractivity contribution in [3.8, 4) is 0 Å². The Balaban J connectivity index is 2.44. The van der Waals surface area contributed by atoms with Gasteiger partial charge in [-0.1, -0.05) is 0 Å². The lowest BCUT2D eigenvalue weighted by molar-refractivity contribution is -0.143. The summed E-state index contributed by atoms with van der Waals surface area (Å²) in [6, 6.07) is 0.366. The molecule has 1 unspecified atom stereocenters. The van der Waals surface area contributed by atoms with Crippen LogP contribution in [-0.2, 0) is 11.0 Å². The summed E-state index contributed by atoms with van der Waals surface area (Å²) in [6.07, 6.45) is -4.32. The van der Waals surface area contributed by atoms with Crippen LogP contribution in [0.5, 0.6) is 0 Å². The maximum atomic E-state index is 13.8. The zero-order chi connectivity index (χ0) is 19.1. The van der Waals surface area contributed by atoms with E-state index in [0.717, 1.165) is 4.68 Å². The average molecular weight is 369 g/mol. The molecule has 0 aliphatic carbocycles. The van der Waals surface area contributed by atoms with Gasteiger partial charge in [-0.25, -0.2) is 17.6 Å². The molecule has 1 N–H and O–H groups in total. The molecule has 1 aromatic carbocycles. The van der Waals surface area contributed by atoms with Crippen LogP contribution in [0, 0.1) is 30.2 Å². The number of nitrogens with one attached hydrogen (secondary N) is 1. The summed E-state index contributed by atoms with van der Waals surface area (Å²) in [5.41, 5.74) is -3.87. The average Bonchev–Trinajstić information content (AvgIpc) is 2.93. The van der Waals surface area contributed by atoms with Crippen molar-refractivity contribution >= 4 is 11.6 Å². The van der Waals surface area contributed by atoms with Crippen molar-refractivity contribution in [3.05, 3.63) is 46.8 Å². The first kappa shape index (κ1) is 18.7. The molecule has 1 atom stereocenters. The Kier molecular flexibility index (Phi) is 4.78. The van der Waals surface area contributed by atoms with E-state index in [1.54, 1.807) is 12.2 Å². The monoisotopic (exact) mass is 369 g/mol. The summed E-state index contributed by atoms with van der Waals surface area (Å²) >= 11 is 0. The normalized spacial score (nSPS) is 13.0. The Hall–Kier alpha value is -2.59. The van der Waals surface area contributed by atoms with Gasteiger partial charge in [-0.05, 0) is 19.9 Å². The number of nitrogens with zero attached hydrogens (tertiary/aromatic N) is 2. The van der Waals surface area contributed by atoms with Crippen molar-refractivity contribution in [1.82, 2.24) is 9.78 Å². The van der Waals surface area contributed by atoms with Gasteiger partial charge in [-0.2, -0.15) is 18.3 Å². The summed E-state index contributed by atoms with van der Waals surface area (Å²) in [5.74, 6) is -11.1. The first-order valence-corrected chi connectivity index (χ1v) is 6.71.